The molecule has 3 aromatic rings. The first kappa shape index (κ1) is 24.6. The normalized spacial score (nSPS) is 12.5. The van der Waals surface area contributed by atoms with Crippen LogP contribution in [0, 0.1) is 0 Å². The van der Waals surface area contributed by atoms with Gasteiger partial charge < -0.3 is 19.0 Å². The summed E-state index contributed by atoms with van der Waals surface area (Å²) in [6.07, 6.45) is -4.40. The number of benzene rings is 2. The summed E-state index contributed by atoms with van der Waals surface area (Å²) < 4.78 is 75.1. The van der Waals surface area contributed by atoms with Crippen LogP contribution in [0.15, 0.2) is 47.3 Å². The summed E-state index contributed by atoms with van der Waals surface area (Å²) in [5, 5.41) is 0. The van der Waals surface area contributed by atoms with E-state index in [1.807, 2.05) is 11.9 Å². The van der Waals surface area contributed by atoms with Crippen LogP contribution in [0.2, 0.25) is 0 Å². The van der Waals surface area contributed by atoms with Crippen LogP contribution in [-0.2, 0) is 23.1 Å². The number of imidazole rings is 1. The zero-order chi connectivity index (χ0) is 24.4. The van der Waals surface area contributed by atoms with Crippen LogP contribution in [0.5, 0.6) is 5.75 Å². The van der Waals surface area contributed by atoms with E-state index in [0.717, 1.165) is 12.1 Å². The second-order valence-electron chi connectivity index (χ2n) is 7.54. The molecule has 0 saturated carbocycles. The fourth-order valence-corrected chi connectivity index (χ4v) is 3.64. The highest BCUT2D eigenvalue weighted by molar-refractivity contribution is 7.81. The Morgan fingerprint density at radius 1 is 1.09 bits per heavy atom. The Bertz CT molecular complexity index is 1290. The van der Waals surface area contributed by atoms with E-state index < -0.39 is 27.8 Å². The van der Waals surface area contributed by atoms with Crippen molar-refractivity contribution < 1.29 is 30.3 Å². The van der Waals surface area contributed by atoms with Gasteiger partial charge in [-0.05, 0) is 37.4 Å². The molecule has 1 heterocycles. The number of aromatic nitrogens is 2. The predicted octanol–water partition coefficient (Wildman–Crippen LogP) is 2.60. The van der Waals surface area contributed by atoms with Gasteiger partial charge in [0.2, 0.25) is 0 Å². The summed E-state index contributed by atoms with van der Waals surface area (Å²) in [6.45, 7) is 1.81. The van der Waals surface area contributed by atoms with Crippen LogP contribution >= 0.6 is 0 Å². The van der Waals surface area contributed by atoms with Crippen molar-refractivity contribution in [1.29, 1.82) is 0 Å². The zero-order valence-corrected chi connectivity index (χ0v) is 18.7. The molecule has 2 N–H and O–H groups in total. The molecule has 180 valence electrons. The molecule has 9 nitrogen and oxygen atoms in total. The van der Waals surface area contributed by atoms with Crippen molar-refractivity contribution >= 4 is 27.1 Å². The van der Waals surface area contributed by atoms with Gasteiger partial charge in [0.1, 0.15) is 5.75 Å². The number of hydrogen-bond donors (Lipinski definition) is 2. The lowest BCUT2D eigenvalue weighted by molar-refractivity contribution is -0.137. The van der Waals surface area contributed by atoms with Crippen LogP contribution < -0.4 is 14.8 Å². The number of aromatic amines is 1. The second-order valence-corrected chi connectivity index (χ2v) is 8.57. The molecule has 13 heteroatoms. The molecule has 0 bridgehead atoms. The van der Waals surface area contributed by atoms with Gasteiger partial charge in [-0.2, -0.15) is 21.6 Å². The number of hydrogen-bond acceptors (Lipinski definition) is 6. The molecule has 1 aromatic heterocycles. The molecule has 0 atom stereocenters. The first-order valence-electron chi connectivity index (χ1n) is 9.80. The number of halogens is 3. The third-order valence-corrected chi connectivity index (χ3v) is 5.49. The summed E-state index contributed by atoms with van der Waals surface area (Å²) in [6, 6.07) is 9.21. The number of nitrogens with zero attached hydrogens (tertiary/aromatic N) is 3. The molecule has 0 unspecified atom stereocenters. The quantitative estimate of drug-likeness (QED) is 0.446. The molecule has 0 aliphatic heterocycles. The fourth-order valence-electron chi connectivity index (χ4n) is 3.29. The monoisotopic (exact) mass is 488 g/mol. The van der Waals surface area contributed by atoms with E-state index in [1.54, 1.807) is 18.0 Å². The van der Waals surface area contributed by atoms with Crippen LogP contribution in [0.4, 0.5) is 18.9 Å². The molecule has 0 saturated heterocycles. The Morgan fingerprint density at radius 2 is 1.82 bits per heavy atom. The second kappa shape index (κ2) is 9.45. The van der Waals surface area contributed by atoms with E-state index in [-0.39, 0.29) is 5.75 Å². The zero-order valence-electron chi connectivity index (χ0n) is 17.8. The lowest BCUT2D eigenvalue weighted by atomic mass is 10.2. The van der Waals surface area contributed by atoms with Gasteiger partial charge in [0.05, 0.1) is 16.6 Å². The fraction of sp³-hybridized carbons (Fsp3) is 0.350. The largest absolute Gasteiger partial charge is 0.446 e. The van der Waals surface area contributed by atoms with Gasteiger partial charge in [0.25, 0.3) is 0 Å². The Labute approximate surface area is 187 Å². The van der Waals surface area contributed by atoms with Crippen molar-refractivity contribution in [3.63, 3.8) is 0 Å². The van der Waals surface area contributed by atoms with Crippen molar-refractivity contribution in [2.75, 3.05) is 38.6 Å². The number of anilines is 1. The van der Waals surface area contributed by atoms with Gasteiger partial charge >= 0.3 is 22.3 Å². The molecule has 3 rings (SSSR count). The summed E-state index contributed by atoms with van der Waals surface area (Å²) in [7, 11) is -1.14. The number of rotatable bonds is 9. The SMILES string of the molecule is CN(CCN(C)c1cccc(C(F)(F)F)c1)CCn1c(=O)[nH]c2cc(OS(=O)(=O)O)ccc21. The minimum atomic E-state index is -4.68. The average molecular weight is 488 g/mol. The summed E-state index contributed by atoms with van der Waals surface area (Å²) >= 11 is 0. The minimum Gasteiger partial charge on any atom is -0.373 e. The predicted molar refractivity (Wildman–Crippen MR) is 117 cm³/mol. The van der Waals surface area contributed by atoms with Gasteiger partial charge in [-0.25, -0.2) is 4.79 Å². The first-order valence-corrected chi connectivity index (χ1v) is 11.2. The van der Waals surface area contributed by atoms with E-state index in [1.165, 1.54) is 28.8 Å². The topological polar surface area (TPSA) is 108 Å². The van der Waals surface area contributed by atoms with Gasteiger partial charge in [0.15, 0.2) is 0 Å². The number of alkyl halides is 3. The molecule has 0 amide bonds. The van der Waals surface area contributed by atoms with Crippen LogP contribution in [0.1, 0.15) is 5.56 Å². The van der Waals surface area contributed by atoms with E-state index in [9.17, 15) is 26.4 Å². The molecule has 0 spiro atoms. The summed E-state index contributed by atoms with van der Waals surface area (Å²) in [5.41, 5.74) is 0.215. The Morgan fingerprint density at radius 3 is 2.48 bits per heavy atom. The lowest BCUT2D eigenvalue weighted by Gasteiger charge is -2.24. The lowest BCUT2D eigenvalue weighted by Crippen LogP contribution is -2.34. The van der Waals surface area contributed by atoms with Crippen molar-refractivity contribution in [3.05, 3.63) is 58.5 Å². The summed E-state index contributed by atoms with van der Waals surface area (Å²) in [5.74, 6) is -0.145. The first-order chi connectivity index (χ1) is 15.3. The smallest absolute Gasteiger partial charge is 0.373 e. The van der Waals surface area contributed by atoms with Crippen molar-refractivity contribution in [2.24, 2.45) is 0 Å². The highest BCUT2D eigenvalue weighted by atomic mass is 32.3. The summed E-state index contributed by atoms with van der Waals surface area (Å²) in [4.78, 5) is 18.5. The number of fused-ring (bicyclic) bond motifs is 1. The molecular formula is C20H23F3N4O5S. The maximum atomic E-state index is 12.9. The third-order valence-electron chi connectivity index (χ3n) is 5.08. The van der Waals surface area contributed by atoms with Crippen molar-refractivity contribution in [2.45, 2.75) is 12.7 Å². The molecule has 0 aliphatic rings. The molecule has 0 aliphatic carbocycles. The van der Waals surface area contributed by atoms with Gasteiger partial charge in [-0.3, -0.25) is 9.12 Å². The van der Waals surface area contributed by atoms with E-state index in [0.29, 0.717) is 42.9 Å². The van der Waals surface area contributed by atoms with E-state index in [2.05, 4.69) is 9.17 Å². The molecule has 2 aromatic carbocycles. The standard InChI is InChI=1S/C20H23F3N4O5S/c1-25(8-10-26(2)15-5-3-4-14(12-15)20(21,22)23)9-11-27-18-7-6-16(32-33(29,30)31)13-17(18)24-19(27)28/h3-7,12-13H,8-11H2,1-2H3,(H,24,28)(H,29,30,31). The highest BCUT2D eigenvalue weighted by Crippen LogP contribution is 2.31. The Hall–Kier alpha value is -3.03. The van der Waals surface area contributed by atoms with Gasteiger partial charge in [0, 0.05) is 45.0 Å². The molecule has 0 fully saturated rings. The maximum Gasteiger partial charge on any atom is 0.446 e. The van der Waals surface area contributed by atoms with Crippen molar-refractivity contribution in [3.8, 4) is 5.75 Å². The van der Waals surface area contributed by atoms with E-state index >= 15 is 0 Å². The Kier molecular flexibility index (Phi) is 7.05. The molecular weight excluding hydrogens is 465 g/mol. The van der Waals surface area contributed by atoms with Crippen LogP contribution in [0.25, 0.3) is 11.0 Å². The number of likely N-dealkylation sites (N-methyl/N-ethyl adjacent to an activating group) is 2. The average Bonchev–Trinajstić information content (AvgIpc) is 3.02. The number of H-pyrrole nitrogens is 1. The maximum absolute atomic E-state index is 12.9. The highest BCUT2D eigenvalue weighted by Gasteiger charge is 2.30. The molecule has 33 heavy (non-hydrogen) atoms. The third kappa shape index (κ3) is 6.49. The number of nitrogens with one attached hydrogen (secondary N) is 1. The minimum absolute atomic E-state index is 0.145. The van der Waals surface area contributed by atoms with Crippen LogP contribution in [0.3, 0.4) is 0 Å². The van der Waals surface area contributed by atoms with E-state index in [4.69, 9.17) is 4.55 Å². The van der Waals surface area contributed by atoms with Gasteiger partial charge in [-0.15, -0.1) is 0 Å². The van der Waals surface area contributed by atoms with Crippen LogP contribution in [-0.4, -0.2) is 61.2 Å². The van der Waals surface area contributed by atoms with Crippen molar-refractivity contribution in [1.82, 2.24) is 14.5 Å². The Balaban J connectivity index is 1.60. The van der Waals surface area contributed by atoms with Gasteiger partial charge in [-0.1, -0.05) is 6.07 Å². The molecule has 0 radical (unpaired) electrons.